The summed E-state index contributed by atoms with van der Waals surface area (Å²) < 4.78 is 7.45. The Labute approximate surface area is 168 Å². The molecule has 3 N–H and O–H groups in total. The van der Waals surface area contributed by atoms with Crippen LogP contribution >= 0.6 is 0 Å². The number of carbonyl (C=O) groups excluding carboxylic acids is 2. The molecule has 0 atom stereocenters. The molecule has 8 heteroatoms. The zero-order valence-corrected chi connectivity index (χ0v) is 16.2. The topological polar surface area (TPSA) is 102 Å². The monoisotopic (exact) mass is 393 g/mol. The van der Waals surface area contributed by atoms with E-state index in [-0.39, 0.29) is 11.8 Å². The summed E-state index contributed by atoms with van der Waals surface area (Å²) in [5.41, 5.74) is 7.82. The van der Waals surface area contributed by atoms with Gasteiger partial charge in [0.2, 0.25) is 0 Å². The van der Waals surface area contributed by atoms with Gasteiger partial charge in [0.1, 0.15) is 12.4 Å². The molecule has 150 valence electrons. The average Bonchev–Trinajstić information content (AvgIpc) is 2.98. The lowest BCUT2D eigenvalue weighted by molar-refractivity contribution is 0.0754. The number of nitrogens with two attached hydrogens (primary N) is 1. The number of aryl methyl sites for hydroxylation is 1. The van der Waals surface area contributed by atoms with E-state index >= 15 is 0 Å². The summed E-state index contributed by atoms with van der Waals surface area (Å²) in [5, 5.41) is 7.98. The second kappa shape index (κ2) is 7.92. The molecule has 0 unspecified atom stereocenters. The highest BCUT2D eigenvalue weighted by molar-refractivity contribution is 6.11. The number of amides is 2. The second-order valence-corrected chi connectivity index (χ2v) is 6.94. The molecule has 1 aliphatic heterocycles. The van der Waals surface area contributed by atoms with Gasteiger partial charge in [-0.25, -0.2) is 0 Å². The molecule has 0 aliphatic carbocycles. The number of nitrogens with one attached hydrogen (secondary N) is 1. The number of rotatable bonds is 5. The quantitative estimate of drug-likeness (QED) is 0.690. The Morgan fingerprint density at radius 3 is 2.93 bits per heavy atom. The van der Waals surface area contributed by atoms with Crippen LogP contribution in [-0.2, 0) is 7.05 Å². The zero-order chi connectivity index (χ0) is 20.4. The number of hydrogen-bond donors (Lipinski definition) is 2. The first-order chi connectivity index (χ1) is 14.1. The molecule has 1 aromatic heterocycles. The molecule has 8 nitrogen and oxygen atoms in total. The lowest BCUT2D eigenvalue weighted by Crippen LogP contribution is -2.34. The molecule has 2 heterocycles. The third-order valence-electron chi connectivity index (χ3n) is 4.98. The fourth-order valence-corrected chi connectivity index (χ4v) is 3.50. The van der Waals surface area contributed by atoms with Crippen molar-refractivity contribution in [3.8, 4) is 5.75 Å². The Kier molecular flexibility index (Phi) is 5.18. The van der Waals surface area contributed by atoms with Crippen molar-refractivity contribution in [2.75, 3.05) is 31.6 Å². The maximum Gasteiger partial charge on any atom is 0.276 e. The van der Waals surface area contributed by atoms with E-state index in [0.29, 0.717) is 48.9 Å². The number of aromatic nitrogens is 2. The number of nitrogens with zero attached hydrogens (tertiary/aromatic N) is 3. The van der Waals surface area contributed by atoms with E-state index in [2.05, 4.69) is 10.4 Å². The van der Waals surface area contributed by atoms with Crippen LogP contribution in [0.5, 0.6) is 5.75 Å². The predicted molar refractivity (Wildman–Crippen MR) is 110 cm³/mol. The largest absolute Gasteiger partial charge is 0.491 e. The molecule has 0 fully saturated rings. The van der Waals surface area contributed by atoms with Gasteiger partial charge in [-0.2, -0.15) is 5.10 Å². The summed E-state index contributed by atoms with van der Waals surface area (Å²) in [4.78, 5) is 27.3. The fraction of sp³-hybridized carbons (Fsp3) is 0.286. The molecule has 0 radical (unpaired) electrons. The number of carbonyl (C=O) groups is 2. The molecule has 0 bridgehead atoms. The molecule has 29 heavy (non-hydrogen) atoms. The summed E-state index contributed by atoms with van der Waals surface area (Å²) in [7, 11) is 1.80. The lowest BCUT2D eigenvalue weighted by Gasteiger charge is -2.19. The maximum absolute atomic E-state index is 12.8. The summed E-state index contributed by atoms with van der Waals surface area (Å²) >= 11 is 0. The molecule has 0 spiro atoms. The zero-order valence-electron chi connectivity index (χ0n) is 16.2. The third kappa shape index (κ3) is 3.66. The molecular weight excluding hydrogens is 370 g/mol. The first-order valence-electron chi connectivity index (χ1n) is 9.58. The van der Waals surface area contributed by atoms with Gasteiger partial charge in [-0.3, -0.25) is 14.3 Å². The number of anilines is 1. The molecule has 4 rings (SSSR count). The molecule has 1 aliphatic rings. The van der Waals surface area contributed by atoms with E-state index < -0.39 is 0 Å². The highest BCUT2D eigenvalue weighted by Gasteiger charge is 2.24. The Bertz CT molecular complexity index is 1080. The number of benzene rings is 2. The minimum absolute atomic E-state index is 0.0838. The van der Waals surface area contributed by atoms with Crippen LogP contribution in [0.15, 0.2) is 42.5 Å². The van der Waals surface area contributed by atoms with Crippen LogP contribution in [-0.4, -0.2) is 52.7 Å². The summed E-state index contributed by atoms with van der Waals surface area (Å²) in [6, 6.07) is 12.6. The van der Waals surface area contributed by atoms with E-state index in [4.69, 9.17) is 10.5 Å². The standard InChI is InChI=1S/C21H23N5O3/c1-25-17-6-3-2-5-15(17)19(24-25)20(27)23-14-7-8-16-18(13-14)29-12-11-26(21(16)28)10-4-9-22/h2-3,5-8,13H,4,9-12,22H2,1H3,(H,23,27). The molecular formula is C21H23N5O3. The van der Waals surface area contributed by atoms with E-state index in [1.807, 2.05) is 24.3 Å². The summed E-state index contributed by atoms with van der Waals surface area (Å²) in [6.45, 7) is 2.04. The van der Waals surface area contributed by atoms with Crippen LogP contribution in [0.2, 0.25) is 0 Å². The van der Waals surface area contributed by atoms with Gasteiger partial charge in [0, 0.05) is 30.7 Å². The normalized spacial score (nSPS) is 13.7. The van der Waals surface area contributed by atoms with Crippen molar-refractivity contribution >= 4 is 28.4 Å². The van der Waals surface area contributed by atoms with Gasteiger partial charge in [0.05, 0.1) is 17.6 Å². The van der Waals surface area contributed by atoms with Gasteiger partial charge < -0.3 is 20.7 Å². The fourth-order valence-electron chi connectivity index (χ4n) is 3.50. The molecule has 2 aromatic carbocycles. The van der Waals surface area contributed by atoms with Crippen LogP contribution < -0.4 is 15.8 Å². The van der Waals surface area contributed by atoms with Crippen molar-refractivity contribution < 1.29 is 14.3 Å². The molecule has 2 amide bonds. The van der Waals surface area contributed by atoms with Crippen molar-refractivity contribution in [2.24, 2.45) is 12.8 Å². The highest BCUT2D eigenvalue weighted by atomic mass is 16.5. The summed E-state index contributed by atoms with van der Waals surface area (Å²) in [5.74, 6) is 0.0692. The van der Waals surface area contributed by atoms with Gasteiger partial charge in [-0.15, -0.1) is 0 Å². The Hall–Kier alpha value is -3.39. The smallest absolute Gasteiger partial charge is 0.276 e. The number of fused-ring (bicyclic) bond motifs is 2. The van der Waals surface area contributed by atoms with E-state index in [9.17, 15) is 9.59 Å². The first-order valence-corrected chi connectivity index (χ1v) is 9.58. The predicted octanol–water partition coefficient (Wildman–Crippen LogP) is 2.01. The van der Waals surface area contributed by atoms with Crippen LogP contribution in [0.3, 0.4) is 0 Å². The highest BCUT2D eigenvalue weighted by Crippen LogP contribution is 2.28. The maximum atomic E-state index is 12.8. The van der Waals surface area contributed by atoms with Gasteiger partial charge in [-0.05, 0) is 31.2 Å². The molecule has 0 saturated carbocycles. The lowest BCUT2D eigenvalue weighted by atomic mass is 10.1. The van der Waals surface area contributed by atoms with Gasteiger partial charge in [0.25, 0.3) is 11.8 Å². The van der Waals surface area contributed by atoms with Gasteiger partial charge in [0.15, 0.2) is 5.69 Å². The van der Waals surface area contributed by atoms with Crippen molar-refractivity contribution in [3.05, 3.63) is 53.7 Å². The second-order valence-electron chi connectivity index (χ2n) is 6.94. The molecule has 0 saturated heterocycles. The first kappa shape index (κ1) is 18.9. The Morgan fingerprint density at radius 1 is 1.28 bits per heavy atom. The number of hydrogen-bond acceptors (Lipinski definition) is 5. The van der Waals surface area contributed by atoms with E-state index in [1.165, 1.54) is 0 Å². The van der Waals surface area contributed by atoms with Crippen LogP contribution in [0.1, 0.15) is 27.3 Å². The average molecular weight is 393 g/mol. The van der Waals surface area contributed by atoms with E-state index in [1.54, 1.807) is 34.8 Å². The van der Waals surface area contributed by atoms with Crippen LogP contribution in [0.4, 0.5) is 5.69 Å². The Balaban J connectivity index is 1.57. The minimum Gasteiger partial charge on any atom is -0.491 e. The molecule has 3 aromatic rings. The SMILES string of the molecule is Cn1nc(C(=O)Nc2ccc3c(c2)OCCN(CCCN)C3=O)c2ccccc21. The third-order valence-corrected chi connectivity index (χ3v) is 4.98. The van der Waals surface area contributed by atoms with Crippen LogP contribution in [0, 0.1) is 0 Å². The van der Waals surface area contributed by atoms with Crippen molar-refractivity contribution in [3.63, 3.8) is 0 Å². The van der Waals surface area contributed by atoms with Crippen LogP contribution in [0.25, 0.3) is 10.9 Å². The van der Waals surface area contributed by atoms with Crippen molar-refractivity contribution in [2.45, 2.75) is 6.42 Å². The Morgan fingerprint density at radius 2 is 2.10 bits per heavy atom. The minimum atomic E-state index is -0.314. The van der Waals surface area contributed by atoms with Gasteiger partial charge in [-0.1, -0.05) is 18.2 Å². The van der Waals surface area contributed by atoms with E-state index in [0.717, 1.165) is 17.3 Å². The van der Waals surface area contributed by atoms with Crippen molar-refractivity contribution in [1.29, 1.82) is 0 Å². The number of ether oxygens (including phenoxy) is 1. The number of para-hydroxylation sites is 1. The van der Waals surface area contributed by atoms with Gasteiger partial charge >= 0.3 is 0 Å². The van der Waals surface area contributed by atoms with Crippen molar-refractivity contribution in [1.82, 2.24) is 14.7 Å². The summed E-state index contributed by atoms with van der Waals surface area (Å²) in [6.07, 6.45) is 0.743.